The van der Waals surface area contributed by atoms with Crippen LogP contribution in [-0.4, -0.2) is 14.1 Å². The van der Waals surface area contributed by atoms with E-state index in [1.54, 1.807) is 0 Å². The molecule has 3 aromatic carbocycles. The molecular formula is C22H21N. The molecule has 0 unspecified atom stereocenters. The van der Waals surface area contributed by atoms with Crippen molar-refractivity contribution in [2.24, 2.45) is 0 Å². The van der Waals surface area contributed by atoms with Crippen molar-refractivity contribution in [3.05, 3.63) is 102 Å². The van der Waals surface area contributed by atoms with Crippen LogP contribution in [-0.2, 0) is 0 Å². The molecular weight excluding hydrogens is 278 g/mol. The highest BCUT2D eigenvalue weighted by atomic mass is 15.1. The molecule has 0 spiro atoms. The van der Waals surface area contributed by atoms with Gasteiger partial charge in [0.15, 0.2) is 0 Å². The predicted molar refractivity (Wildman–Crippen MR) is 101 cm³/mol. The van der Waals surface area contributed by atoms with Crippen molar-refractivity contribution >= 4 is 17.3 Å². The third kappa shape index (κ3) is 3.70. The number of nitrogens with zero attached hydrogens (tertiary/aromatic N) is 1. The van der Waals surface area contributed by atoms with Crippen LogP contribution in [0.15, 0.2) is 84.9 Å². The first-order valence-electron chi connectivity index (χ1n) is 7.84. The van der Waals surface area contributed by atoms with Crippen molar-refractivity contribution in [2.75, 3.05) is 19.0 Å². The monoisotopic (exact) mass is 299 g/mol. The van der Waals surface area contributed by atoms with Crippen LogP contribution < -0.4 is 4.90 Å². The molecule has 0 saturated heterocycles. The van der Waals surface area contributed by atoms with Gasteiger partial charge >= 0.3 is 0 Å². The smallest absolute Gasteiger partial charge is 0.0361 e. The molecule has 0 aliphatic heterocycles. The average molecular weight is 299 g/mol. The molecule has 0 fully saturated rings. The highest BCUT2D eigenvalue weighted by Gasteiger charge is 2.05. The summed E-state index contributed by atoms with van der Waals surface area (Å²) in [6.45, 7) is 0. The lowest BCUT2D eigenvalue weighted by molar-refractivity contribution is 1.13. The Balaban J connectivity index is 2.05. The molecule has 1 heteroatoms. The first-order chi connectivity index (χ1) is 11.2. The summed E-state index contributed by atoms with van der Waals surface area (Å²) in [6.07, 6.45) is 2.25. The second-order valence-corrected chi connectivity index (χ2v) is 5.78. The summed E-state index contributed by atoms with van der Waals surface area (Å²) < 4.78 is 0. The Morgan fingerprint density at radius 2 is 1.13 bits per heavy atom. The lowest BCUT2D eigenvalue weighted by atomic mass is 9.96. The Kier molecular flexibility index (Phi) is 4.58. The standard InChI is InChI=1S/C22H21N/c1-23(2)21-15-13-18(14-16-21)17-22(19-9-5-3-6-10-19)20-11-7-4-8-12-20/h3-17H,1-2H3. The first-order valence-corrected chi connectivity index (χ1v) is 7.84. The molecule has 3 aromatic rings. The zero-order valence-electron chi connectivity index (χ0n) is 13.6. The zero-order chi connectivity index (χ0) is 16.1. The minimum absolute atomic E-state index is 1.21. The van der Waals surface area contributed by atoms with Crippen molar-refractivity contribution in [1.29, 1.82) is 0 Å². The van der Waals surface area contributed by atoms with Gasteiger partial charge in [0.1, 0.15) is 0 Å². The summed E-state index contributed by atoms with van der Waals surface area (Å²) in [4.78, 5) is 2.11. The number of benzene rings is 3. The van der Waals surface area contributed by atoms with E-state index in [0.717, 1.165) is 0 Å². The van der Waals surface area contributed by atoms with Crippen LogP contribution >= 0.6 is 0 Å². The quantitative estimate of drug-likeness (QED) is 0.588. The van der Waals surface area contributed by atoms with E-state index in [4.69, 9.17) is 0 Å². The van der Waals surface area contributed by atoms with Gasteiger partial charge in [-0.15, -0.1) is 0 Å². The highest BCUT2D eigenvalue weighted by Crippen LogP contribution is 2.26. The van der Waals surface area contributed by atoms with E-state index < -0.39 is 0 Å². The topological polar surface area (TPSA) is 3.24 Å². The summed E-state index contributed by atoms with van der Waals surface area (Å²) in [7, 11) is 4.12. The largest absolute Gasteiger partial charge is 0.378 e. The van der Waals surface area contributed by atoms with E-state index in [1.165, 1.54) is 28.0 Å². The van der Waals surface area contributed by atoms with E-state index in [2.05, 4.69) is 110 Å². The van der Waals surface area contributed by atoms with E-state index >= 15 is 0 Å². The van der Waals surface area contributed by atoms with Gasteiger partial charge in [0.2, 0.25) is 0 Å². The molecule has 3 rings (SSSR count). The number of hydrogen-bond donors (Lipinski definition) is 0. The molecule has 114 valence electrons. The van der Waals surface area contributed by atoms with Gasteiger partial charge in [-0.05, 0) is 40.5 Å². The Morgan fingerprint density at radius 1 is 0.652 bits per heavy atom. The fourth-order valence-electron chi connectivity index (χ4n) is 2.60. The Labute approximate surface area is 138 Å². The maximum absolute atomic E-state index is 2.25. The van der Waals surface area contributed by atoms with Crippen molar-refractivity contribution in [1.82, 2.24) is 0 Å². The van der Waals surface area contributed by atoms with Crippen molar-refractivity contribution in [2.45, 2.75) is 0 Å². The second kappa shape index (κ2) is 6.97. The third-order valence-electron chi connectivity index (χ3n) is 3.89. The van der Waals surface area contributed by atoms with Crippen molar-refractivity contribution < 1.29 is 0 Å². The van der Waals surface area contributed by atoms with Gasteiger partial charge in [-0.3, -0.25) is 0 Å². The number of hydrogen-bond acceptors (Lipinski definition) is 1. The van der Waals surface area contributed by atoms with E-state index in [0.29, 0.717) is 0 Å². The van der Waals surface area contributed by atoms with Crippen LogP contribution in [0.3, 0.4) is 0 Å². The molecule has 1 nitrogen and oxygen atoms in total. The fraction of sp³-hybridized carbons (Fsp3) is 0.0909. The van der Waals surface area contributed by atoms with Crippen molar-refractivity contribution in [3.63, 3.8) is 0 Å². The summed E-state index contributed by atoms with van der Waals surface area (Å²) in [6, 6.07) is 29.7. The second-order valence-electron chi connectivity index (χ2n) is 5.78. The van der Waals surface area contributed by atoms with Gasteiger partial charge in [-0.25, -0.2) is 0 Å². The molecule has 0 heterocycles. The van der Waals surface area contributed by atoms with Gasteiger partial charge in [0, 0.05) is 19.8 Å². The molecule has 0 aliphatic carbocycles. The Hall–Kier alpha value is -2.80. The summed E-state index contributed by atoms with van der Waals surface area (Å²) >= 11 is 0. The zero-order valence-corrected chi connectivity index (χ0v) is 13.6. The molecule has 0 amide bonds. The predicted octanol–water partition coefficient (Wildman–Crippen LogP) is 5.34. The fourth-order valence-corrected chi connectivity index (χ4v) is 2.60. The summed E-state index contributed by atoms with van der Waals surface area (Å²) in [5.74, 6) is 0. The van der Waals surface area contributed by atoms with Crippen molar-refractivity contribution in [3.8, 4) is 0 Å². The minimum Gasteiger partial charge on any atom is -0.378 e. The minimum atomic E-state index is 1.21. The van der Waals surface area contributed by atoms with Gasteiger partial charge in [0.25, 0.3) is 0 Å². The average Bonchev–Trinajstić information content (AvgIpc) is 2.61. The van der Waals surface area contributed by atoms with Crippen LogP contribution in [0, 0.1) is 0 Å². The van der Waals surface area contributed by atoms with Gasteiger partial charge in [0.05, 0.1) is 0 Å². The lowest BCUT2D eigenvalue weighted by Gasteiger charge is -2.13. The summed E-state index contributed by atoms with van der Waals surface area (Å²) in [5.41, 5.74) is 6.12. The maximum atomic E-state index is 2.25. The molecule has 0 saturated carbocycles. The SMILES string of the molecule is CN(C)c1ccc(C=C(c2ccccc2)c2ccccc2)cc1. The third-order valence-corrected chi connectivity index (χ3v) is 3.89. The van der Waals surface area contributed by atoms with Gasteiger partial charge < -0.3 is 4.90 Å². The Bertz CT molecular complexity index is 728. The van der Waals surface area contributed by atoms with Crippen LogP contribution in [0.5, 0.6) is 0 Å². The number of rotatable bonds is 4. The van der Waals surface area contributed by atoms with E-state index in [-0.39, 0.29) is 0 Å². The molecule has 0 aromatic heterocycles. The van der Waals surface area contributed by atoms with Crippen LogP contribution in [0.25, 0.3) is 11.6 Å². The van der Waals surface area contributed by atoms with Crippen LogP contribution in [0.2, 0.25) is 0 Å². The van der Waals surface area contributed by atoms with Crippen LogP contribution in [0.4, 0.5) is 5.69 Å². The van der Waals surface area contributed by atoms with E-state index in [1.807, 2.05) is 0 Å². The van der Waals surface area contributed by atoms with Gasteiger partial charge in [-0.1, -0.05) is 72.8 Å². The van der Waals surface area contributed by atoms with Gasteiger partial charge in [-0.2, -0.15) is 0 Å². The summed E-state index contributed by atoms with van der Waals surface area (Å²) in [5, 5.41) is 0. The first kappa shape index (κ1) is 15.1. The molecule has 0 aliphatic rings. The molecule has 0 radical (unpaired) electrons. The molecule has 0 bridgehead atoms. The van der Waals surface area contributed by atoms with Crippen LogP contribution in [0.1, 0.15) is 16.7 Å². The lowest BCUT2D eigenvalue weighted by Crippen LogP contribution is -2.07. The number of anilines is 1. The van der Waals surface area contributed by atoms with E-state index in [9.17, 15) is 0 Å². The molecule has 23 heavy (non-hydrogen) atoms. The molecule has 0 atom stereocenters. The molecule has 0 N–H and O–H groups in total. The highest BCUT2D eigenvalue weighted by molar-refractivity contribution is 5.91. The Morgan fingerprint density at radius 3 is 1.57 bits per heavy atom. The maximum Gasteiger partial charge on any atom is 0.0361 e. The normalized spacial score (nSPS) is 10.2.